The number of carbonyl (C=O) groups excluding carboxylic acids is 2. The van der Waals surface area contributed by atoms with Crippen molar-refractivity contribution in [3.8, 4) is 0 Å². The predicted octanol–water partition coefficient (Wildman–Crippen LogP) is 2.74. The first-order valence-electron chi connectivity index (χ1n) is 6.40. The number of aromatic nitrogens is 1. The number of fused-ring (bicyclic) bond motifs is 1. The fraction of sp³-hybridized carbons (Fsp3) is 0.125. The lowest BCUT2D eigenvalue weighted by Crippen LogP contribution is -2.29. The summed E-state index contributed by atoms with van der Waals surface area (Å²) in [7, 11) is 0. The van der Waals surface area contributed by atoms with Gasteiger partial charge >= 0.3 is 0 Å². The van der Waals surface area contributed by atoms with Crippen molar-refractivity contribution in [2.24, 2.45) is 0 Å². The molecule has 1 aliphatic rings. The van der Waals surface area contributed by atoms with E-state index < -0.39 is 0 Å². The van der Waals surface area contributed by atoms with Gasteiger partial charge in [0.2, 0.25) is 0 Å². The summed E-state index contributed by atoms with van der Waals surface area (Å²) in [6.45, 7) is 8.95. The molecule has 21 heavy (non-hydrogen) atoms. The van der Waals surface area contributed by atoms with Crippen LogP contribution in [0.2, 0.25) is 0 Å². The summed E-state index contributed by atoms with van der Waals surface area (Å²) in [5.41, 5.74) is 2.25. The van der Waals surface area contributed by atoms with Crippen molar-refractivity contribution >= 4 is 17.6 Å². The number of rotatable bonds is 2. The van der Waals surface area contributed by atoms with Crippen LogP contribution in [0.1, 0.15) is 32.0 Å². The lowest BCUT2D eigenvalue weighted by atomic mass is 10.1. The van der Waals surface area contributed by atoms with Crippen LogP contribution in [0.5, 0.6) is 0 Å². The Hall–Kier alpha value is -3.00. The summed E-state index contributed by atoms with van der Waals surface area (Å²) in [5.74, 6) is -0.367. The van der Waals surface area contributed by atoms with E-state index in [1.165, 1.54) is 4.90 Å². The van der Waals surface area contributed by atoms with Crippen molar-refractivity contribution in [2.75, 3.05) is 0 Å². The summed E-state index contributed by atoms with van der Waals surface area (Å²) in [6, 6.07) is 10.2. The highest BCUT2D eigenvalue weighted by Gasteiger charge is 2.35. The van der Waals surface area contributed by atoms with Gasteiger partial charge in [0, 0.05) is 0 Å². The third-order valence-corrected chi connectivity index (χ3v) is 3.32. The van der Waals surface area contributed by atoms with Gasteiger partial charge in [-0.3, -0.25) is 14.5 Å². The minimum Gasteiger partial charge on any atom is -0.361 e. The molecule has 1 aromatic carbocycles. The summed E-state index contributed by atoms with van der Waals surface area (Å²) < 4.78 is 0. The Morgan fingerprint density at radius 2 is 1.76 bits per heavy atom. The topological polar surface area (TPSA) is 54.6 Å². The third-order valence-electron chi connectivity index (χ3n) is 3.32. The molecule has 0 saturated heterocycles. The number of hydrogen-bond donors (Lipinski definition) is 0. The van der Waals surface area contributed by atoms with Crippen molar-refractivity contribution in [1.29, 1.82) is 0 Å². The fourth-order valence-corrected chi connectivity index (χ4v) is 2.40. The number of amides is 2. The zero-order valence-electron chi connectivity index (χ0n) is 11.3. The molecule has 5 heteroatoms. The van der Waals surface area contributed by atoms with Crippen LogP contribution >= 0.6 is 0 Å². The largest absolute Gasteiger partial charge is 0.361 e. The Kier molecular flexibility index (Phi) is 2.99. The Balaban J connectivity index is 1.94. The Morgan fingerprint density at radius 1 is 1.14 bits per heavy atom. The molecule has 0 aliphatic carbocycles. The Bertz CT molecular complexity index is 770. The number of aryl methyl sites for hydroxylation is 1. The molecule has 0 bridgehead atoms. The van der Waals surface area contributed by atoms with Gasteiger partial charge in [-0.2, -0.15) is 0 Å². The van der Waals surface area contributed by atoms with Gasteiger partial charge < -0.3 is 4.85 Å². The van der Waals surface area contributed by atoms with Crippen LogP contribution in [0, 0.1) is 13.5 Å². The standard InChI is InChI=1S/C16H11N3O2/c1-10-7-11(18-14(8-10)17-2)9-19-15(20)12-5-3-4-6-13(12)16(19)21/h3-8H,9H2,1H3. The molecule has 0 atom stereocenters. The van der Waals surface area contributed by atoms with E-state index in [9.17, 15) is 9.59 Å². The van der Waals surface area contributed by atoms with Crippen molar-refractivity contribution in [3.63, 3.8) is 0 Å². The number of benzene rings is 1. The summed E-state index contributed by atoms with van der Waals surface area (Å²) in [6.07, 6.45) is 0. The van der Waals surface area contributed by atoms with Crippen LogP contribution in [0.3, 0.4) is 0 Å². The highest BCUT2D eigenvalue weighted by Crippen LogP contribution is 2.24. The van der Waals surface area contributed by atoms with Crippen LogP contribution in [0.4, 0.5) is 5.82 Å². The minimum absolute atomic E-state index is 0.0799. The van der Waals surface area contributed by atoms with Crippen molar-refractivity contribution in [3.05, 3.63) is 70.2 Å². The predicted molar refractivity (Wildman–Crippen MR) is 75.9 cm³/mol. The number of hydrogen-bond acceptors (Lipinski definition) is 3. The molecule has 0 fully saturated rings. The molecule has 3 rings (SSSR count). The van der Waals surface area contributed by atoms with Crippen molar-refractivity contribution in [1.82, 2.24) is 9.88 Å². The lowest BCUT2D eigenvalue weighted by molar-refractivity contribution is 0.0640. The summed E-state index contributed by atoms with van der Waals surface area (Å²) in [5, 5.41) is 0. The first kappa shape index (κ1) is 13.0. The minimum atomic E-state index is -0.316. The van der Waals surface area contributed by atoms with E-state index in [1.807, 2.05) is 6.92 Å². The molecular weight excluding hydrogens is 266 g/mol. The van der Waals surface area contributed by atoms with Crippen LogP contribution in [0.15, 0.2) is 36.4 Å². The van der Waals surface area contributed by atoms with Gasteiger partial charge in [0.15, 0.2) is 5.69 Å². The van der Waals surface area contributed by atoms with Gasteiger partial charge in [-0.05, 0) is 31.2 Å². The highest BCUT2D eigenvalue weighted by molar-refractivity contribution is 6.21. The molecule has 1 aliphatic heterocycles. The number of pyridine rings is 1. The van der Waals surface area contributed by atoms with E-state index in [2.05, 4.69) is 9.83 Å². The van der Waals surface area contributed by atoms with Crippen LogP contribution in [-0.4, -0.2) is 21.7 Å². The fourth-order valence-electron chi connectivity index (χ4n) is 2.40. The molecule has 5 nitrogen and oxygen atoms in total. The molecule has 0 spiro atoms. The van der Waals surface area contributed by atoms with E-state index in [0.717, 1.165) is 5.56 Å². The molecule has 1 aromatic heterocycles. The van der Waals surface area contributed by atoms with Crippen LogP contribution < -0.4 is 0 Å². The Labute approximate surface area is 121 Å². The van der Waals surface area contributed by atoms with Crippen molar-refractivity contribution < 1.29 is 9.59 Å². The maximum Gasteiger partial charge on any atom is 0.270 e. The summed E-state index contributed by atoms with van der Waals surface area (Å²) >= 11 is 0. The number of imide groups is 1. The van der Waals surface area contributed by atoms with Gasteiger partial charge in [-0.15, -0.1) is 4.98 Å². The maximum atomic E-state index is 12.3. The van der Waals surface area contributed by atoms with E-state index in [4.69, 9.17) is 6.57 Å². The van der Waals surface area contributed by atoms with Gasteiger partial charge in [-0.25, -0.2) is 0 Å². The number of nitrogens with zero attached hydrogens (tertiary/aromatic N) is 3. The quantitative estimate of drug-likeness (QED) is 0.626. The average Bonchev–Trinajstić information content (AvgIpc) is 2.72. The van der Waals surface area contributed by atoms with E-state index in [1.54, 1.807) is 36.4 Å². The molecule has 0 saturated carbocycles. The zero-order chi connectivity index (χ0) is 15.0. The molecule has 0 N–H and O–H groups in total. The molecule has 2 amide bonds. The van der Waals surface area contributed by atoms with E-state index >= 15 is 0 Å². The van der Waals surface area contributed by atoms with Gasteiger partial charge in [0.05, 0.1) is 17.7 Å². The average molecular weight is 277 g/mol. The molecule has 2 heterocycles. The molecule has 0 radical (unpaired) electrons. The molecule has 2 aromatic rings. The number of carbonyl (C=O) groups is 2. The maximum absolute atomic E-state index is 12.3. The second-order valence-corrected chi connectivity index (χ2v) is 4.85. The van der Waals surface area contributed by atoms with E-state index in [-0.39, 0.29) is 24.2 Å². The van der Waals surface area contributed by atoms with Gasteiger partial charge in [0.25, 0.3) is 17.6 Å². The van der Waals surface area contributed by atoms with Crippen LogP contribution in [0.25, 0.3) is 4.85 Å². The van der Waals surface area contributed by atoms with Crippen molar-refractivity contribution in [2.45, 2.75) is 13.5 Å². The molecular formula is C16H11N3O2. The summed E-state index contributed by atoms with van der Waals surface area (Å²) in [4.78, 5) is 33.1. The lowest BCUT2D eigenvalue weighted by Gasteiger charge is -2.11. The zero-order valence-corrected chi connectivity index (χ0v) is 11.3. The normalized spacial score (nSPS) is 13.2. The third kappa shape index (κ3) is 2.17. The van der Waals surface area contributed by atoms with Gasteiger partial charge in [0.1, 0.15) is 0 Å². The smallest absolute Gasteiger partial charge is 0.270 e. The monoisotopic (exact) mass is 277 g/mol. The second-order valence-electron chi connectivity index (χ2n) is 4.85. The molecule has 102 valence electrons. The highest BCUT2D eigenvalue weighted by atomic mass is 16.2. The van der Waals surface area contributed by atoms with E-state index in [0.29, 0.717) is 16.8 Å². The first-order valence-corrected chi connectivity index (χ1v) is 6.40. The van der Waals surface area contributed by atoms with Crippen LogP contribution in [-0.2, 0) is 6.54 Å². The first-order chi connectivity index (χ1) is 10.1. The Morgan fingerprint density at radius 3 is 2.33 bits per heavy atom. The van der Waals surface area contributed by atoms with Gasteiger partial charge in [-0.1, -0.05) is 24.3 Å². The second kappa shape index (κ2) is 4.84. The SMILES string of the molecule is [C-]#[N+]c1cc(C)cc(CN2C(=O)c3ccccc3C2=O)n1. The molecule has 0 unspecified atom stereocenters.